The molecule has 0 aromatic carbocycles. The molecule has 0 saturated heterocycles. The Hall–Kier alpha value is -1.61. The monoisotopic (exact) mass is 233 g/mol. The summed E-state index contributed by atoms with van der Waals surface area (Å²) in [6, 6.07) is 11.4. The van der Waals surface area contributed by atoms with Gasteiger partial charge in [0.05, 0.1) is 11.7 Å². The van der Waals surface area contributed by atoms with Crippen molar-refractivity contribution in [1.29, 1.82) is 0 Å². The number of pyridine rings is 2. The second-order valence-electron chi connectivity index (χ2n) is 3.47. The minimum Gasteiger partial charge on any atom is -0.362 e. The Morgan fingerprint density at radius 1 is 1.19 bits per heavy atom. The molecular formula is C12H12ClN3. The van der Waals surface area contributed by atoms with E-state index in [2.05, 4.69) is 15.3 Å². The highest BCUT2D eigenvalue weighted by Gasteiger charge is 2.06. The molecule has 16 heavy (non-hydrogen) atoms. The van der Waals surface area contributed by atoms with Gasteiger partial charge in [-0.3, -0.25) is 4.98 Å². The average molecular weight is 234 g/mol. The first kappa shape index (κ1) is 10.9. The summed E-state index contributed by atoms with van der Waals surface area (Å²) in [5.74, 6) is 0.755. The van der Waals surface area contributed by atoms with Gasteiger partial charge in [0.25, 0.3) is 0 Å². The number of nitrogens with zero attached hydrogens (tertiary/aromatic N) is 2. The summed E-state index contributed by atoms with van der Waals surface area (Å²) in [6.45, 7) is 2.03. The van der Waals surface area contributed by atoms with Gasteiger partial charge in [0.2, 0.25) is 0 Å². The molecule has 2 aromatic rings. The van der Waals surface area contributed by atoms with Crippen molar-refractivity contribution in [2.24, 2.45) is 0 Å². The molecule has 0 fully saturated rings. The molecule has 0 saturated carbocycles. The lowest BCUT2D eigenvalue weighted by Gasteiger charge is -2.13. The standard InChI is InChI=1S/C12H12ClN3/c1-9(10-5-2-3-8-14-10)15-12-7-4-6-11(13)16-12/h2-9H,1H3,(H,15,16). The van der Waals surface area contributed by atoms with Gasteiger partial charge < -0.3 is 5.32 Å². The Morgan fingerprint density at radius 2 is 2.06 bits per heavy atom. The van der Waals surface area contributed by atoms with Crippen LogP contribution in [0.2, 0.25) is 5.15 Å². The molecule has 0 amide bonds. The molecule has 1 atom stereocenters. The SMILES string of the molecule is CC(Nc1cccc(Cl)n1)c1ccccn1. The van der Waals surface area contributed by atoms with Crippen LogP contribution in [0.3, 0.4) is 0 Å². The second kappa shape index (κ2) is 4.94. The fourth-order valence-electron chi connectivity index (χ4n) is 1.42. The van der Waals surface area contributed by atoms with Crippen LogP contribution in [0.5, 0.6) is 0 Å². The molecule has 1 unspecified atom stereocenters. The predicted molar refractivity (Wildman–Crippen MR) is 65.5 cm³/mol. The van der Waals surface area contributed by atoms with Crippen LogP contribution >= 0.6 is 11.6 Å². The van der Waals surface area contributed by atoms with Gasteiger partial charge in [-0.25, -0.2) is 4.98 Å². The highest BCUT2D eigenvalue weighted by atomic mass is 35.5. The summed E-state index contributed by atoms with van der Waals surface area (Å²) in [5.41, 5.74) is 0.976. The molecule has 0 aliphatic rings. The highest BCUT2D eigenvalue weighted by molar-refractivity contribution is 6.29. The number of anilines is 1. The lowest BCUT2D eigenvalue weighted by atomic mass is 10.2. The van der Waals surface area contributed by atoms with Crippen molar-refractivity contribution >= 4 is 17.4 Å². The number of hydrogen-bond donors (Lipinski definition) is 1. The van der Waals surface area contributed by atoms with Gasteiger partial charge in [0, 0.05) is 6.20 Å². The van der Waals surface area contributed by atoms with Crippen molar-refractivity contribution in [3.63, 3.8) is 0 Å². The van der Waals surface area contributed by atoms with E-state index in [1.807, 2.05) is 37.3 Å². The first-order valence-electron chi connectivity index (χ1n) is 5.06. The summed E-state index contributed by atoms with van der Waals surface area (Å²) in [5, 5.41) is 3.73. The molecule has 1 N–H and O–H groups in total. The molecule has 0 radical (unpaired) electrons. The van der Waals surface area contributed by atoms with E-state index in [0.717, 1.165) is 11.5 Å². The Bertz CT molecular complexity index is 459. The maximum atomic E-state index is 5.81. The molecule has 2 rings (SSSR count). The fraction of sp³-hybridized carbons (Fsp3) is 0.167. The molecule has 0 bridgehead atoms. The zero-order chi connectivity index (χ0) is 11.4. The van der Waals surface area contributed by atoms with Gasteiger partial charge in [-0.2, -0.15) is 0 Å². The molecule has 0 spiro atoms. The number of halogens is 1. The Balaban J connectivity index is 2.11. The van der Waals surface area contributed by atoms with Crippen LogP contribution in [0, 0.1) is 0 Å². The van der Waals surface area contributed by atoms with Crippen LogP contribution in [0.1, 0.15) is 18.7 Å². The first-order chi connectivity index (χ1) is 7.75. The number of aromatic nitrogens is 2. The minimum atomic E-state index is 0.104. The highest BCUT2D eigenvalue weighted by Crippen LogP contribution is 2.16. The topological polar surface area (TPSA) is 37.8 Å². The summed E-state index contributed by atoms with van der Waals surface area (Å²) >= 11 is 5.81. The Morgan fingerprint density at radius 3 is 2.75 bits per heavy atom. The van der Waals surface area contributed by atoms with E-state index < -0.39 is 0 Å². The molecule has 4 heteroatoms. The third-order valence-electron chi connectivity index (χ3n) is 2.21. The zero-order valence-electron chi connectivity index (χ0n) is 8.89. The van der Waals surface area contributed by atoms with E-state index in [-0.39, 0.29) is 6.04 Å². The van der Waals surface area contributed by atoms with Gasteiger partial charge in [0.1, 0.15) is 11.0 Å². The smallest absolute Gasteiger partial charge is 0.131 e. The van der Waals surface area contributed by atoms with Gasteiger partial charge in [-0.05, 0) is 31.2 Å². The van der Waals surface area contributed by atoms with Crippen LogP contribution in [0.15, 0.2) is 42.6 Å². The largest absolute Gasteiger partial charge is 0.362 e. The van der Waals surface area contributed by atoms with Gasteiger partial charge in [-0.1, -0.05) is 23.7 Å². The molecule has 3 nitrogen and oxygen atoms in total. The normalized spacial score (nSPS) is 12.1. The number of nitrogens with one attached hydrogen (secondary N) is 1. The Labute approximate surface area is 99.5 Å². The van der Waals surface area contributed by atoms with Crippen molar-refractivity contribution in [3.8, 4) is 0 Å². The van der Waals surface area contributed by atoms with Gasteiger partial charge in [-0.15, -0.1) is 0 Å². The molecule has 82 valence electrons. The molecule has 2 aromatic heterocycles. The number of rotatable bonds is 3. The van der Waals surface area contributed by atoms with Crippen LogP contribution in [0.4, 0.5) is 5.82 Å². The molecule has 0 aliphatic heterocycles. The summed E-state index contributed by atoms with van der Waals surface area (Å²) in [6.07, 6.45) is 1.78. The summed E-state index contributed by atoms with van der Waals surface area (Å²) < 4.78 is 0. The van der Waals surface area contributed by atoms with Crippen LogP contribution < -0.4 is 5.32 Å². The lowest BCUT2D eigenvalue weighted by Crippen LogP contribution is -2.09. The van der Waals surface area contributed by atoms with E-state index in [1.165, 1.54) is 0 Å². The third-order valence-corrected chi connectivity index (χ3v) is 2.42. The summed E-state index contributed by atoms with van der Waals surface area (Å²) in [4.78, 5) is 8.44. The minimum absolute atomic E-state index is 0.104. The zero-order valence-corrected chi connectivity index (χ0v) is 9.65. The average Bonchev–Trinajstić information content (AvgIpc) is 2.30. The lowest BCUT2D eigenvalue weighted by molar-refractivity contribution is 0.832. The Kier molecular flexibility index (Phi) is 3.37. The van der Waals surface area contributed by atoms with Crippen molar-refractivity contribution < 1.29 is 0 Å². The van der Waals surface area contributed by atoms with Crippen LogP contribution in [0.25, 0.3) is 0 Å². The maximum Gasteiger partial charge on any atom is 0.131 e. The van der Waals surface area contributed by atoms with E-state index >= 15 is 0 Å². The van der Waals surface area contributed by atoms with E-state index in [9.17, 15) is 0 Å². The third kappa shape index (κ3) is 2.70. The van der Waals surface area contributed by atoms with Gasteiger partial charge in [0.15, 0.2) is 0 Å². The second-order valence-corrected chi connectivity index (χ2v) is 3.85. The van der Waals surface area contributed by atoms with Crippen LogP contribution in [-0.4, -0.2) is 9.97 Å². The van der Waals surface area contributed by atoms with Crippen molar-refractivity contribution in [1.82, 2.24) is 9.97 Å². The van der Waals surface area contributed by atoms with Crippen molar-refractivity contribution in [2.45, 2.75) is 13.0 Å². The van der Waals surface area contributed by atoms with Crippen molar-refractivity contribution in [3.05, 3.63) is 53.4 Å². The molecular weight excluding hydrogens is 222 g/mol. The summed E-state index contributed by atoms with van der Waals surface area (Å²) in [7, 11) is 0. The van der Waals surface area contributed by atoms with E-state index in [0.29, 0.717) is 5.15 Å². The fourth-order valence-corrected chi connectivity index (χ4v) is 1.58. The first-order valence-corrected chi connectivity index (χ1v) is 5.43. The molecule has 2 heterocycles. The maximum absolute atomic E-state index is 5.81. The quantitative estimate of drug-likeness (QED) is 0.827. The predicted octanol–water partition coefficient (Wildman–Crippen LogP) is 3.30. The molecule has 0 aliphatic carbocycles. The van der Waals surface area contributed by atoms with Gasteiger partial charge >= 0.3 is 0 Å². The van der Waals surface area contributed by atoms with Crippen LogP contribution in [-0.2, 0) is 0 Å². The van der Waals surface area contributed by atoms with E-state index in [1.54, 1.807) is 12.3 Å². The number of hydrogen-bond acceptors (Lipinski definition) is 3. The van der Waals surface area contributed by atoms with Crippen molar-refractivity contribution in [2.75, 3.05) is 5.32 Å². The van der Waals surface area contributed by atoms with E-state index in [4.69, 9.17) is 11.6 Å².